The summed E-state index contributed by atoms with van der Waals surface area (Å²) in [6.07, 6.45) is 14.5. The topological polar surface area (TPSA) is 43.7 Å². The van der Waals surface area contributed by atoms with E-state index in [4.69, 9.17) is 0 Å². The lowest BCUT2D eigenvalue weighted by Gasteiger charge is -2.44. The number of piperidine rings is 1. The predicted octanol–water partition coefficient (Wildman–Crippen LogP) is 6.02. The predicted molar refractivity (Wildman–Crippen MR) is 131 cm³/mol. The van der Waals surface area contributed by atoms with Crippen molar-refractivity contribution in [2.24, 2.45) is 41.4 Å². The molecule has 3 aliphatic rings. The summed E-state index contributed by atoms with van der Waals surface area (Å²) >= 11 is 0. The van der Waals surface area contributed by atoms with Gasteiger partial charge in [0.2, 0.25) is 0 Å². The summed E-state index contributed by atoms with van der Waals surface area (Å²) in [6.45, 7) is 15.3. The number of aliphatic hydroxyl groups excluding tert-OH is 2. The first kappa shape index (κ1) is 25.0. The molecule has 0 radical (unpaired) electrons. The second-order valence-corrected chi connectivity index (χ2v) is 11.4. The molecular weight excluding hydrogens is 382 g/mol. The van der Waals surface area contributed by atoms with Gasteiger partial charge in [0.1, 0.15) is 6.23 Å². The Bertz CT molecular complexity index is 594. The number of aliphatic hydroxyl groups is 2. The van der Waals surface area contributed by atoms with Crippen LogP contribution < -0.4 is 0 Å². The van der Waals surface area contributed by atoms with Crippen molar-refractivity contribution in [3.8, 4) is 0 Å². The van der Waals surface area contributed by atoms with Crippen LogP contribution in [0.4, 0.5) is 0 Å². The van der Waals surface area contributed by atoms with Crippen LogP contribution in [0.5, 0.6) is 0 Å². The van der Waals surface area contributed by atoms with Gasteiger partial charge in [0.15, 0.2) is 0 Å². The normalized spacial score (nSPS) is 34.8. The van der Waals surface area contributed by atoms with Gasteiger partial charge < -0.3 is 10.2 Å². The molecule has 2 N–H and O–H groups in total. The first-order chi connectivity index (χ1) is 14.8. The minimum Gasteiger partial charge on any atom is -0.388 e. The van der Waals surface area contributed by atoms with Gasteiger partial charge in [-0.1, -0.05) is 65.7 Å². The number of rotatable bonds is 8. The molecule has 0 aromatic carbocycles. The van der Waals surface area contributed by atoms with Crippen molar-refractivity contribution < 1.29 is 10.2 Å². The Kier molecular flexibility index (Phi) is 9.25. The molecule has 3 nitrogen and oxygen atoms in total. The van der Waals surface area contributed by atoms with Crippen LogP contribution in [0.1, 0.15) is 85.5 Å². The summed E-state index contributed by atoms with van der Waals surface area (Å²) in [5.74, 6) is 3.48. The van der Waals surface area contributed by atoms with Crippen molar-refractivity contribution in [1.29, 1.82) is 0 Å². The van der Waals surface area contributed by atoms with E-state index in [2.05, 4.69) is 51.3 Å². The lowest BCUT2D eigenvalue weighted by Crippen LogP contribution is -2.49. The van der Waals surface area contributed by atoms with Crippen molar-refractivity contribution in [2.75, 3.05) is 13.1 Å². The Hall–Kier alpha value is -0.640. The van der Waals surface area contributed by atoms with E-state index in [0.717, 1.165) is 55.7 Å². The highest BCUT2D eigenvalue weighted by Gasteiger charge is 2.38. The first-order valence-corrected chi connectivity index (χ1v) is 13.3. The fraction of sp³-hybridized carbons (Fsp3) is 0.857. The van der Waals surface area contributed by atoms with E-state index in [1.165, 1.54) is 38.5 Å². The van der Waals surface area contributed by atoms with Crippen LogP contribution in [-0.2, 0) is 0 Å². The van der Waals surface area contributed by atoms with Gasteiger partial charge in [-0.3, -0.25) is 4.90 Å². The molecule has 6 unspecified atom stereocenters. The van der Waals surface area contributed by atoms with Crippen LogP contribution in [-0.4, -0.2) is 40.5 Å². The van der Waals surface area contributed by atoms with E-state index in [1.807, 2.05) is 0 Å². The van der Waals surface area contributed by atoms with E-state index >= 15 is 0 Å². The molecule has 1 saturated heterocycles. The molecule has 2 fully saturated rings. The summed E-state index contributed by atoms with van der Waals surface area (Å²) in [5.41, 5.74) is 0.882. The third-order valence-electron chi connectivity index (χ3n) is 9.01. The van der Waals surface area contributed by atoms with Gasteiger partial charge >= 0.3 is 0 Å². The monoisotopic (exact) mass is 431 g/mol. The summed E-state index contributed by atoms with van der Waals surface area (Å²) in [5, 5.41) is 22.7. The molecule has 0 bridgehead atoms. The van der Waals surface area contributed by atoms with E-state index in [1.54, 1.807) is 0 Å². The summed E-state index contributed by atoms with van der Waals surface area (Å²) < 4.78 is 0. The number of hydrogen-bond acceptors (Lipinski definition) is 3. The highest BCUT2D eigenvalue weighted by molar-refractivity contribution is 5.13. The molecule has 0 aromatic heterocycles. The fourth-order valence-electron chi connectivity index (χ4n) is 6.58. The maximum Gasteiger partial charge on any atom is 0.114 e. The van der Waals surface area contributed by atoms with E-state index in [9.17, 15) is 10.2 Å². The number of likely N-dealkylation sites (tertiary alicyclic amines) is 1. The zero-order valence-corrected chi connectivity index (χ0v) is 20.7. The van der Waals surface area contributed by atoms with Gasteiger partial charge in [-0.15, -0.1) is 0 Å². The number of allylic oxidation sites excluding steroid dienone is 2. The molecule has 1 aliphatic heterocycles. The molecule has 0 amide bonds. The third-order valence-corrected chi connectivity index (χ3v) is 9.01. The molecule has 31 heavy (non-hydrogen) atoms. The van der Waals surface area contributed by atoms with Crippen molar-refractivity contribution in [1.82, 2.24) is 4.90 Å². The van der Waals surface area contributed by atoms with Crippen molar-refractivity contribution in [2.45, 2.75) is 97.8 Å². The maximum absolute atomic E-state index is 11.5. The van der Waals surface area contributed by atoms with Crippen LogP contribution in [0.15, 0.2) is 24.3 Å². The Morgan fingerprint density at radius 2 is 1.74 bits per heavy atom. The Balaban J connectivity index is 1.61. The van der Waals surface area contributed by atoms with Crippen molar-refractivity contribution in [3.63, 3.8) is 0 Å². The third kappa shape index (κ3) is 6.24. The molecule has 0 spiro atoms. The van der Waals surface area contributed by atoms with Crippen LogP contribution in [0.25, 0.3) is 0 Å². The van der Waals surface area contributed by atoms with Gasteiger partial charge in [0.05, 0.1) is 6.10 Å². The minimum atomic E-state index is -0.527. The fourth-order valence-corrected chi connectivity index (χ4v) is 6.58. The second kappa shape index (κ2) is 11.5. The standard InChI is InChI=1S/C28H49NO2/c1-6-21(4)26(22(5)27(30)25-9-7-8-20(3)18-25)28(31)29-16-14-24(15-17-29)23-12-10-19(2)11-13-23/h10,12,19-21,23-28,30-31H,5-9,11,13-18H2,1-4H3/t19?,20?,21-,23?,25?,26+,27?,28?/m1/s1. The quantitative estimate of drug-likeness (QED) is 0.462. The molecule has 3 heteroatoms. The molecule has 1 heterocycles. The minimum absolute atomic E-state index is 0.0517. The smallest absolute Gasteiger partial charge is 0.114 e. The van der Waals surface area contributed by atoms with E-state index in [0.29, 0.717) is 17.8 Å². The summed E-state index contributed by atoms with van der Waals surface area (Å²) in [4.78, 5) is 2.28. The van der Waals surface area contributed by atoms with E-state index in [-0.39, 0.29) is 5.92 Å². The largest absolute Gasteiger partial charge is 0.388 e. The zero-order chi connectivity index (χ0) is 22.5. The Labute approximate surface area is 192 Å². The van der Waals surface area contributed by atoms with Crippen molar-refractivity contribution >= 4 is 0 Å². The lowest BCUT2D eigenvalue weighted by atomic mass is 9.73. The Morgan fingerprint density at radius 3 is 2.32 bits per heavy atom. The number of nitrogens with zero attached hydrogens (tertiary/aromatic N) is 1. The molecular formula is C28H49NO2. The molecule has 8 atom stereocenters. The van der Waals surface area contributed by atoms with E-state index < -0.39 is 12.3 Å². The summed E-state index contributed by atoms with van der Waals surface area (Å²) in [7, 11) is 0. The van der Waals surface area contributed by atoms with Crippen LogP contribution in [0.3, 0.4) is 0 Å². The van der Waals surface area contributed by atoms with Crippen molar-refractivity contribution in [3.05, 3.63) is 24.3 Å². The lowest BCUT2D eigenvalue weighted by molar-refractivity contribution is -0.0692. The molecule has 178 valence electrons. The van der Waals surface area contributed by atoms with Gasteiger partial charge in [0.25, 0.3) is 0 Å². The van der Waals surface area contributed by atoms with Crippen LogP contribution in [0.2, 0.25) is 0 Å². The second-order valence-electron chi connectivity index (χ2n) is 11.4. The average molecular weight is 432 g/mol. The number of hydrogen-bond donors (Lipinski definition) is 2. The van der Waals surface area contributed by atoms with Gasteiger partial charge in [-0.05, 0) is 79.6 Å². The molecule has 1 saturated carbocycles. The SMILES string of the molecule is C=C(C(O)C1CCCC(C)C1)[C@@H](C(O)N1CCC(C2C=CC(C)CC2)CC1)[C@H](C)CC. The van der Waals surface area contributed by atoms with Crippen LogP contribution >= 0.6 is 0 Å². The summed E-state index contributed by atoms with van der Waals surface area (Å²) in [6, 6.07) is 0. The van der Waals surface area contributed by atoms with Crippen LogP contribution in [0, 0.1) is 41.4 Å². The van der Waals surface area contributed by atoms with Gasteiger partial charge in [-0.25, -0.2) is 0 Å². The van der Waals surface area contributed by atoms with Gasteiger partial charge in [-0.2, -0.15) is 0 Å². The zero-order valence-electron chi connectivity index (χ0n) is 20.7. The molecule has 2 aliphatic carbocycles. The average Bonchev–Trinajstić information content (AvgIpc) is 2.79. The molecule has 0 aromatic rings. The first-order valence-electron chi connectivity index (χ1n) is 13.3. The maximum atomic E-state index is 11.5. The van der Waals surface area contributed by atoms with Gasteiger partial charge in [0, 0.05) is 19.0 Å². The highest BCUT2D eigenvalue weighted by atomic mass is 16.3. The highest BCUT2D eigenvalue weighted by Crippen LogP contribution is 2.39. The Morgan fingerprint density at radius 1 is 1.03 bits per heavy atom. The molecule has 3 rings (SSSR count).